The fourth-order valence-electron chi connectivity index (χ4n) is 3.21. The molecule has 2 aromatic carbocycles. The third-order valence-corrected chi connectivity index (χ3v) is 5.04. The summed E-state index contributed by atoms with van der Waals surface area (Å²) in [6.07, 6.45) is 0. The molecule has 1 N–H and O–H groups in total. The number of nitrogens with zero attached hydrogens (tertiary/aromatic N) is 1. The van der Waals surface area contributed by atoms with Crippen LogP contribution in [0.15, 0.2) is 54.2 Å². The van der Waals surface area contributed by atoms with E-state index in [1.807, 2.05) is 38.1 Å². The second kappa shape index (κ2) is 7.44. The van der Waals surface area contributed by atoms with Crippen molar-refractivity contribution in [1.82, 2.24) is 4.90 Å². The number of halogens is 1. The van der Waals surface area contributed by atoms with Gasteiger partial charge in [0, 0.05) is 16.8 Å². The van der Waals surface area contributed by atoms with E-state index in [1.165, 1.54) is 10.5 Å². The van der Waals surface area contributed by atoms with Crippen LogP contribution in [0.25, 0.3) is 5.57 Å². The van der Waals surface area contributed by atoms with Gasteiger partial charge in [-0.2, -0.15) is 0 Å². The zero-order chi connectivity index (χ0) is 20.6. The van der Waals surface area contributed by atoms with Crippen molar-refractivity contribution in [1.29, 1.82) is 0 Å². The highest BCUT2D eigenvalue weighted by molar-refractivity contribution is 6.37. The van der Waals surface area contributed by atoms with Crippen molar-refractivity contribution in [3.8, 4) is 0 Å². The van der Waals surface area contributed by atoms with Crippen LogP contribution >= 0.6 is 11.6 Å². The van der Waals surface area contributed by atoms with Crippen molar-refractivity contribution in [2.75, 3.05) is 5.32 Å². The quantitative estimate of drug-likeness (QED) is 0.719. The molecule has 0 bridgehead atoms. The van der Waals surface area contributed by atoms with Gasteiger partial charge in [-0.25, -0.2) is 0 Å². The van der Waals surface area contributed by atoms with Crippen molar-refractivity contribution in [2.24, 2.45) is 0 Å². The van der Waals surface area contributed by atoms with Gasteiger partial charge in [0.1, 0.15) is 5.70 Å². The Balaban J connectivity index is 2.03. The molecule has 0 saturated carbocycles. The summed E-state index contributed by atoms with van der Waals surface area (Å²) in [5.41, 5.74) is 3.34. The summed E-state index contributed by atoms with van der Waals surface area (Å²) < 4.78 is 0. The van der Waals surface area contributed by atoms with Crippen LogP contribution in [0.2, 0.25) is 5.02 Å². The van der Waals surface area contributed by atoms with Gasteiger partial charge in [-0.15, -0.1) is 0 Å². The Kier molecular flexibility index (Phi) is 5.35. The fourth-order valence-corrected chi connectivity index (χ4v) is 3.34. The van der Waals surface area contributed by atoms with Crippen molar-refractivity contribution >= 4 is 34.7 Å². The predicted molar refractivity (Wildman–Crippen MR) is 114 cm³/mol. The zero-order valence-corrected chi connectivity index (χ0v) is 17.6. The Morgan fingerprint density at radius 1 is 0.893 bits per heavy atom. The molecule has 2 aromatic rings. The minimum atomic E-state index is -0.315. The first-order valence-electron chi connectivity index (χ1n) is 9.35. The molecule has 4 nitrogen and oxygen atoms in total. The smallest absolute Gasteiger partial charge is 0.278 e. The number of anilines is 1. The monoisotopic (exact) mass is 396 g/mol. The van der Waals surface area contributed by atoms with Gasteiger partial charge in [-0.3, -0.25) is 14.5 Å². The summed E-state index contributed by atoms with van der Waals surface area (Å²) in [5, 5.41) is 3.76. The van der Waals surface area contributed by atoms with E-state index in [2.05, 4.69) is 26.1 Å². The summed E-state index contributed by atoms with van der Waals surface area (Å²) in [6, 6.07) is 14.7. The van der Waals surface area contributed by atoms with Crippen molar-refractivity contribution < 1.29 is 9.59 Å². The van der Waals surface area contributed by atoms with E-state index in [-0.39, 0.29) is 23.3 Å². The molecular formula is C23H25ClN2O2. The molecule has 0 saturated heterocycles. The van der Waals surface area contributed by atoms with Crippen molar-refractivity contribution in [2.45, 2.75) is 46.1 Å². The highest BCUT2D eigenvalue weighted by Gasteiger charge is 2.40. The number of rotatable bonds is 4. The number of imide groups is 1. The third kappa shape index (κ3) is 3.83. The number of amides is 2. The lowest BCUT2D eigenvalue weighted by Crippen LogP contribution is -2.38. The molecule has 28 heavy (non-hydrogen) atoms. The van der Waals surface area contributed by atoms with E-state index in [9.17, 15) is 9.59 Å². The van der Waals surface area contributed by atoms with Crippen LogP contribution < -0.4 is 5.32 Å². The van der Waals surface area contributed by atoms with Crippen LogP contribution in [-0.2, 0) is 15.0 Å². The lowest BCUT2D eigenvalue weighted by molar-refractivity contribution is -0.138. The number of benzene rings is 2. The van der Waals surface area contributed by atoms with Crippen molar-refractivity contribution in [3.05, 3.63) is 70.4 Å². The molecule has 0 atom stereocenters. The van der Waals surface area contributed by atoms with Gasteiger partial charge in [0.2, 0.25) is 0 Å². The lowest BCUT2D eigenvalue weighted by atomic mass is 9.87. The normalized spacial score (nSPS) is 15.0. The maximum Gasteiger partial charge on any atom is 0.278 e. The van der Waals surface area contributed by atoms with E-state index in [0.29, 0.717) is 21.9 Å². The van der Waals surface area contributed by atoms with E-state index in [4.69, 9.17) is 11.6 Å². The molecule has 146 valence electrons. The fraction of sp³-hybridized carbons (Fsp3) is 0.304. The van der Waals surface area contributed by atoms with E-state index in [1.54, 1.807) is 24.3 Å². The van der Waals surface area contributed by atoms with Gasteiger partial charge in [0.15, 0.2) is 0 Å². The van der Waals surface area contributed by atoms with Crippen LogP contribution in [0.1, 0.15) is 45.7 Å². The highest BCUT2D eigenvalue weighted by Crippen LogP contribution is 2.32. The third-order valence-electron chi connectivity index (χ3n) is 4.78. The molecule has 0 spiro atoms. The summed E-state index contributed by atoms with van der Waals surface area (Å²) in [5.74, 6) is -0.610. The molecule has 1 aliphatic rings. The van der Waals surface area contributed by atoms with Crippen molar-refractivity contribution in [3.63, 3.8) is 0 Å². The maximum atomic E-state index is 13.0. The average molecular weight is 397 g/mol. The summed E-state index contributed by atoms with van der Waals surface area (Å²) in [7, 11) is 0. The second-order valence-electron chi connectivity index (χ2n) is 8.28. The Bertz CT molecular complexity index is 936. The first kappa shape index (κ1) is 20.2. The zero-order valence-electron chi connectivity index (χ0n) is 16.8. The Labute approximate surface area is 171 Å². The van der Waals surface area contributed by atoms with Crippen LogP contribution in [0.4, 0.5) is 5.69 Å². The summed E-state index contributed by atoms with van der Waals surface area (Å²) in [6.45, 7) is 10.1. The number of carbonyl (C=O) groups is 2. The maximum absolute atomic E-state index is 13.0. The Morgan fingerprint density at radius 3 is 1.96 bits per heavy atom. The molecule has 0 fully saturated rings. The number of carbonyl (C=O) groups excluding carboxylic acids is 2. The first-order chi connectivity index (χ1) is 13.1. The second-order valence-corrected chi connectivity index (χ2v) is 8.72. The largest absolute Gasteiger partial charge is 0.350 e. The molecule has 0 aromatic heterocycles. The van der Waals surface area contributed by atoms with Gasteiger partial charge in [0.05, 0.1) is 5.57 Å². The molecule has 0 unspecified atom stereocenters. The number of hydrogen-bond acceptors (Lipinski definition) is 3. The molecule has 1 aliphatic heterocycles. The molecule has 3 rings (SSSR count). The lowest BCUT2D eigenvalue weighted by Gasteiger charge is -2.20. The minimum Gasteiger partial charge on any atom is -0.350 e. The minimum absolute atomic E-state index is 0.0415. The van der Waals surface area contributed by atoms with E-state index >= 15 is 0 Å². The van der Waals surface area contributed by atoms with Gasteiger partial charge in [-0.1, -0.05) is 56.6 Å². The molecule has 0 aliphatic carbocycles. The molecule has 0 radical (unpaired) electrons. The van der Waals surface area contributed by atoms with E-state index < -0.39 is 0 Å². The van der Waals surface area contributed by atoms with Crippen LogP contribution in [0.3, 0.4) is 0 Å². The topological polar surface area (TPSA) is 49.4 Å². The highest BCUT2D eigenvalue weighted by atomic mass is 35.5. The predicted octanol–water partition coefficient (Wildman–Crippen LogP) is 5.24. The molecule has 1 heterocycles. The molecule has 2 amide bonds. The van der Waals surface area contributed by atoms with Gasteiger partial charge < -0.3 is 5.32 Å². The SMILES string of the molecule is CC(C)N1C(=O)C(Nc2ccc(C(C)(C)C)cc2)=C(c2ccc(Cl)cc2)C1=O. The van der Waals surface area contributed by atoms with Gasteiger partial charge >= 0.3 is 0 Å². The van der Waals surface area contributed by atoms with Crippen LogP contribution in [0.5, 0.6) is 0 Å². The van der Waals surface area contributed by atoms with E-state index in [0.717, 1.165) is 5.69 Å². The summed E-state index contributed by atoms with van der Waals surface area (Å²) >= 11 is 5.99. The summed E-state index contributed by atoms with van der Waals surface area (Å²) in [4.78, 5) is 27.3. The molecular weight excluding hydrogens is 372 g/mol. The Morgan fingerprint density at radius 2 is 1.46 bits per heavy atom. The molecule has 5 heteroatoms. The van der Waals surface area contributed by atoms with Gasteiger partial charge in [0.25, 0.3) is 11.8 Å². The van der Waals surface area contributed by atoms with Crippen LogP contribution in [0, 0.1) is 0 Å². The first-order valence-corrected chi connectivity index (χ1v) is 9.73. The van der Waals surface area contributed by atoms with Gasteiger partial charge in [-0.05, 0) is 54.7 Å². The Hall–Kier alpha value is -2.59. The number of hydrogen-bond donors (Lipinski definition) is 1. The standard InChI is InChI=1S/C23H25ClN2O2/c1-14(2)26-21(27)19(15-6-10-17(24)11-7-15)20(22(26)28)25-18-12-8-16(9-13-18)23(3,4)5/h6-14,25H,1-5H3. The van der Waals surface area contributed by atoms with Crippen LogP contribution in [-0.4, -0.2) is 22.8 Å². The average Bonchev–Trinajstić information content (AvgIpc) is 2.86. The number of nitrogens with one attached hydrogen (secondary N) is 1.